The Morgan fingerprint density at radius 3 is 2.95 bits per heavy atom. The Morgan fingerprint density at radius 2 is 2.18 bits per heavy atom. The first kappa shape index (κ1) is 15.2. The highest BCUT2D eigenvalue weighted by atomic mass is 16.5. The van der Waals surface area contributed by atoms with Crippen molar-refractivity contribution >= 4 is 11.6 Å². The van der Waals surface area contributed by atoms with Gasteiger partial charge in [-0.05, 0) is 62.9 Å². The van der Waals surface area contributed by atoms with Crippen LogP contribution in [0, 0.1) is 11.8 Å². The first-order valence-corrected chi connectivity index (χ1v) is 7.99. The Morgan fingerprint density at radius 1 is 1.41 bits per heavy atom. The van der Waals surface area contributed by atoms with E-state index in [-0.39, 0.29) is 17.7 Å². The number of likely N-dealkylation sites (tertiary alicyclic amines) is 1. The fourth-order valence-corrected chi connectivity index (χ4v) is 3.91. The van der Waals surface area contributed by atoms with Crippen LogP contribution in [0.1, 0.15) is 35.3 Å². The van der Waals surface area contributed by atoms with Gasteiger partial charge in [0.15, 0.2) is 0 Å². The number of rotatable bonds is 3. The number of nitrogens with zero attached hydrogens (tertiary/aromatic N) is 1. The van der Waals surface area contributed by atoms with Crippen LogP contribution in [0.4, 0.5) is 5.69 Å². The molecule has 0 spiro atoms. The van der Waals surface area contributed by atoms with Crippen LogP contribution in [-0.4, -0.2) is 44.1 Å². The van der Waals surface area contributed by atoms with E-state index >= 15 is 0 Å². The summed E-state index contributed by atoms with van der Waals surface area (Å²) in [5, 5.41) is 3.18. The molecule has 3 atom stereocenters. The molecule has 5 heteroatoms. The Balaban J connectivity index is 0. The summed E-state index contributed by atoms with van der Waals surface area (Å²) in [6.45, 7) is 2.34. The normalized spacial score (nSPS) is 28.2. The number of carbonyl (C=O) groups is 1. The maximum Gasteiger partial charge on any atom is 0.251 e. The first-order chi connectivity index (χ1) is 10.6. The zero-order chi connectivity index (χ0) is 15.7. The number of ether oxygens (including phenoxy) is 1. The SMILES string of the molecule is COc1cc(C(=O)N[C@H]2CC3CCN(C)CC3C2)ccc1N.[HH].[HH].[HH].[HH]. The van der Waals surface area contributed by atoms with E-state index in [1.165, 1.54) is 13.0 Å². The predicted molar refractivity (Wildman–Crippen MR) is 95.4 cm³/mol. The summed E-state index contributed by atoms with van der Waals surface area (Å²) in [4.78, 5) is 14.8. The minimum atomic E-state index is -0.0321. The van der Waals surface area contributed by atoms with Gasteiger partial charge in [-0.15, -0.1) is 0 Å². The van der Waals surface area contributed by atoms with Gasteiger partial charge in [0.2, 0.25) is 0 Å². The molecule has 1 amide bonds. The van der Waals surface area contributed by atoms with Crippen LogP contribution in [0.15, 0.2) is 18.2 Å². The summed E-state index contributed by atoms with van der Waals surface area (Å²) in [5.41, 5.74) is 6.95. The number of methoxy groups -OCH3 is 1. The minimum Gasteiger partial charge on any atom is -0.495 e. The molecular formula is C17H33N3O2. The lowest BCUT2D eigenvalue weighted by Crippen LogP contribution is -2.35. The molecule has 3 rings (SSSR count). The zero-order valence-corrected chi connectivity index (χ0v) is 13.3. The van der Waals surface area contributed by atoms with E-state index in [0.717, 1.165) is 31.2 Å². The second-order valence-corrected chi connectivity index (χ2v) is 6.67. The van der Waals surface area contributed by atoms with E-state index < -0.39 is 0 Å². The highest BCUT2D eigenvalue weighted by Crippen LogP contribution is 2.37. The van der Waals surface area contributed by atoms with E-state index in [2.05, 4.69) is 17.3 Å². The number of amides is 1. The van der Waals surface area contributed by atoms with Crippen molar-refractivity contribution in [2.45, 2.75) is 25.3 Å². The Hall–Kier alpha value is -1.75. The van der Waals surface area contributed by atoms with Gasteiger partial charge in [-0.1, -0.05) is 0 Å². The van der Waals surface area contributed by atoms with E-state index in [1.807, 2.05) is 0 Å². The number of hydrogen-bond acceptors (Lipinski definition) is 4. The van der Waals surface area contributed by atoms with Crippen molar-refractivity contribution in [2.24, 2.45) is 11.8 Å². The fraction of sp³-hybridized carbons (Fsp3) is 0.588. The number of hydrogen-bond donors (Lipinski definition) is 2. The molecule has 1 aliphatic heterocycles. The van der Waals surface area contributed by atoms with Crippen molar-refractivity contribution in [3.63, 3.8) is 0 Å². The summed E-state index contributed by atoms with van der Waals surface area (Å²) < 4.78 is 5.18. The van der Waals surface area contributed by atoms with Crippen LogP contribution in [0.2, 0.25) is 0 Å². The third kappa shape index (κ3) is 3.04. The zero-order valence-electron chi connectivity index (χ0n) is 13.3. The van der Waals surface area contributed by atoms with Gasteiger partial charge in [0, 0.05) is 23.9 Å². The van der Waals surface area contributed by atoms with Crippen molar-refractivity contribution in [1.82, 2.24) is 10.2 Å². The number of nitrogens with one attached hydrogen (secondary N) is 1. The van der Waals surface area contributed by atoms with E-state index in [1.54, 1.807) is 25.3 Å². The highest BCUT2D eigenvalue weighted by molar-refractivity contribution is 5.95. The first-order valence-electron chi connectivity index (χ1n) is 7.99. The Bertz CT molecular complexity index is 577. The maximum atomic E-state index is 12.4. The standard InChI is InChI=1S/C17H25N3O2.4H2/c1-20-6-5-11-7-14(8-13(11)10-20)19-17(21)12-3-4-15(18)16(9-12)22-2;;;;/h3-4,9,11,13-14H,5-8,10,18H2,1-2H3,(H,19,21);4*1H/t11?,13?,14-;;;;/m0..../s1. The molecule has 0 radical (unpaired) electrons. The average Bonchev–Trinajstić information content (AvgIpc) is 2.88. The van der Waals surface area contributed by atoms with Gasteiger partial charge in [0.25, 0.3) is 5.91 Å². The lowest BCUT2D eigenvalue weighted by molar-refractivity contribution is 0.0936. The van der Waals surface area contributed by atoms with Crippen LogP contribution in [0.5, 0.6) is 5.75 Å². The molecule has 1 heterocycles. The second-order valence-electron chi connectivity index (χ2n) is 6.67. The van der Waals surface area contributed by atoms with Crippen LogP contribution in [0.3, 0.4) is 0 Å². The molecule has 0 aromatic heterocycles. The molecule has 0 bridgehead atoms. The van der Waals surface area contributed by atoms with Crippen LogP contribution >= 0.6 is 0 Å². The molecule has 1 saturated heterocycles. The van der Waals surface area contributed by atoms with Gasteiger partial charge >= 0.3 is 0 Å². The Labute approximate surface area is 137 Å². The topological polar surface area (TPSA) is 67.6 Å². The molecule has 2 unspecified atom stereocenters. The Kier molecular flexibility index (Phi) is 4.25. The average molecular weight is 311 g/mol. The van der Waals surface area contributed by atoms with E-state index in [4.69, 9.17) is 10.5 Å². The van der Waals surface area contributed by atoms with Gasteiger partial charge in [-0.25, -0.2) is 0 Å². The van der Waals surface area contributed by atoms with E-state index in [0.29, 0.717) is 17.0 Å². The number of benzene rings is 1. The smallest absolute Gasteiger partial charge is 0.251 e. The van der Waals surface area contributed by atoms with Gasteiger partial charge in [0.05, 0.1) is 12.8 Å². The molecule has 1 saturated carbocycles. The third-order valence-electron chi connectivity index (χ3n) is 5.10. The third-order valence-corrected chi connectivity index (χ3v) is 5.10. The number of nitrogen functional groups attached to an aromatic ring is 1. The monoisotopic (exact) mass is 311 g/mol. The van der Waals surface area contributed by atoms with Gasteiger partial charge in [0.1, 0.15) is 5.75 Å². The summed E-state index contributed by atoms with van der Waals surface area (Å²) in [6.07, 6.45) is 3.45. The highest BCUT2D eigenvalue weighted by Gasteiger charge is 2.37. The lowest BCUT2D eigenvalue weighted by atomic mass is 9.89. The molecule has 22 heavy (non-hydrogen) atoms. The quantitative estimate of drug-likeness (QED) is 0.842. The fourth-order valence-electron chi connectivity index (χ4n) is 3.91. The molecule has 3 N–H and O–H groups in total. The van der Waals surface area contributed by atoms with Crippen molar-refractivity contribution in [1.29, 1.82) is 0 Å². The number of nitrogens with two attached hydrogens (primary N) is 1. The second kappa shape index (κ2) is 6.16. The van der Waals surface area contributed by atoms with Crippen LogP contribution < -0.4 is 15.8 Å². The largest absolute Gasteiger partial charge is 0.495 e. The summed E-state index contributed by atoms with van der Waals surface area (Å²) in [7, 11) is 3.74. The number of fused-ring (bicyclic) bond motifs is 1. The molecular weight excluding hydrogens is 278 g/mol. The summed E-state index contributed by atoms with van der Waals surface area (Å²) >= 11 is 0. The van der Waals surface area contributed by atoms with Crippen molar-refractivity contribution in [2.75, 3.05) is 33.0 Å². The van der Waals surface area contributed by atoms with E-state index in [9.17, 15) is 4.79 Å². The van der Waals surface area contributed by atoms with Crippen LogP contribution in [-0.2, 0) is 0 Å². The molecule has 2 fully saturated rings. The van der Waals surface area contributed by atoms with Crippen molar-refractivity contribution < 1.29 is 15.2 Å². The summed E-state index contributed by atoms with van der Waals surface area (Å²) in [6, 6.07) is 5.47. The number of anilines is 1. The molecule has 2 aliphatic rings. The number of carbonyl (C=O) groups excluding carboxylic acids is 1. The summed E-state index contributed by atoms with van der Waals surface area (Å²) in [5.74, 6) is 2.01. The molecule has 128 valence electrons. The van der Waals surface area contributed by atoms with Crippen LogP contribution in [0.25, 0.3) is 0 Å². The molecule has 1 aliphatic carbocycles. The van der Waals surface area contributed by atoms with Gasteiger partial charge in [-0.2, -0.15) is 0 Å². The molecule has 1 aromatic rings. The maximum absolute atomic E-state index is 12.4. The van der Waals surface area contributed by atoms with Gasteiger partial charge < -0.3 is 20.7 Å². The number of piperidine rings is 1. The minimum absolute atomic E-state index is 0. The molecule has 5 nitrogen and oxygen atoms in total. The van der Waals surface area contributed by atoms with Gasteiger partial charge in [-0.3, -0.25) is 4.79 Å². The molecule has 1 aromatic carbocycles. The van der Waals surface area contributed by atoms with Crippen molar-refractivity contribution in [3.05, 3.63) is 23.8 Å². The van der Waals surface area contributed by atoms with Crippen molar-refractivity contribution in [3.8, 4) is 5.75 Å². The lowest BCUT2D eigenvalue weighted by Gasteiger charge is -2.31. The predicted octanol–water partition coefficient (Wildman–Crippen LogP) is 2.72.